The molecule has 0 spiro atoms. The molecular formula is C63H79BN2S. The van der Waals surface area contributed by atoms with Crippen LogP contribution in [-0.2, 0) is 32.5 Å². The summed E-state index contributed by atoms with van der Waals surface area (Å²) in [5.41, 5.74) is 20.9. The van der Waals surface area contributed by atoms with Gasteiger partial charge in [0.25, 0.3) is 6.71 Å². The largest absolute Gasteiger partial charge is 0.315 e. The van der Waals surface area contributed by atoms with Crippen molar-refractivity contribution in [3.05, 3.63) is 129 Å². The molecule has 11 rings (SSSR count). The lowest BCUT2D eigenvalue weighted by molar-refractivity contribution is 0.185. The molecule has 1 fully saturated rings. The van der Waals surface area contributed by atoms with E-state index in [1.165, 1.54) is 140 Å². The highest BCUT2D eigenvalue weighted by Gasteiger charge is 2.53. The molecule has 0 radical (unpaired) electrons. The van der Waals surface area contributed by atoms with Crippen molar-refractivity contribution in [3.8, 4) is 0 Å². The molecule has 5 aromatic rings. The van der Waals surface area contributed by atoms with E-state index in [2.05, 4.69) is 204 Å². The van der Waals surface area contributed by atoms with Crippen molar-refractivity contribution in [3.63, 3.8) is 0 Å². The van der Waals surface area contributed by atoms with Crippen molar-refractivity contribution in [2.75, 3.05) is 9.80 Å². The minimum absolute atomic E-state index is 0.00613. The molecule has 4 heteroatoms. The first-order chi connectivity index (χ1) is 31.3. The molecule has 4 aliphatic carbocycles. The number of hydrogen-bond donors (Lipinski definition) is 0. The number of allylic oxidation sites excluding steroid dienone is 3. The third-order valence-corrected chi connectivity index (χ3v) is 19.8. The van der Waals surface area contributed by atoms with Gasteiger partial charge in [-0.25, -0.2) is 0 Å². The van der Waals surface area contributed by atoms with Gasteiger partial charge in [-0.1, -0.05) is 160 Å². The lowest BCUT2D eigenvalue weighted by Gasteiger charge is -2.52. The normalized spacial score (nSPS) is 23.9. The fourth-order valence-corrected chi connectivity index (χ4v) is 15.2. The van der Waals surface area contributed by atoms with Crippen molar-refractivity contribution in [1.29, 1.82) is 0 Å². The summed E-state index contributed by atoms with van der Waals surface area (Å²) < 4.78 is 2.97. The van der Waals surface area contributed by atoms with Gasteiger partial charge in [0.1, 0.15) is 0 Å². The van der Waals surface area contributed by atoms with Gasteiger partial charge >= 0.3 is 0 Å². The van der Waals surface area contributed by atoms with E-state index in [4.69, 9.17) is 0 Å². The zero-order chi connectivity index (χ0) is 47.6. The number of anilines is 4. The molecule has 0 saturated heterocycles. The molecule has 0 amide bonds. The van der Waals surface area contributed by atoms with Crippen molar-refractivity contribution in [2.45, 2.75) is 201 Å². The molecular weight excluding hydrogens is 828 g/mol. The number of benzene rings is 4. The fraction of sp³-hybridized carbons (Fsp3) is 0.524. The maximum absolute atomic E-state index is 2.86. The van der Waals surface area contributed by atoms with Gasteiger partial charge in [0.15, 0.2) is 0 Å². The highest BCUT2D eigenvalue weighted by molar-refractivity contribution is 7.32. The second kappa shape index (κ2) is 14.8. The van der Waals surface area contributed by atoms with Crippen LogP contribution >= 0.6 is 11.3 Å². The molecule has 4 aromatic carbocycles. The van der Waals surface area contributed by atoms with Gasteiger partial charge < -0.3 is 9.80 Å². The first-order valence-electron chi connectivity index (χ1n) is 26.4. The smallest absolute Gasteiger partial charge is 0.264 e. The molecule has 67 heavy (non-hydrogen) atoms. The van der Waals surface area contributed by atoms with Crippen LogP contribution in [0.2, 0.25) is 0 Å². The molecule has 2 nitrogen and oxygen atoms in total. The Hall–Kier alpha value is -4.02. The van der Waals surface area contributed by atoms with Gasteiger partial charge in [0.2, 0.25) is 0 Å². The summed E-state index contributed by atoms with van der Waals surface area (Å²) in [4.78, 5) is 5.61. The van der Waals surface area contributed by atoms with E-state index in [1.807, 2.05) is 0 Å². The molecule has 1 unspecified atom stereocenters. The fourth-order valence-electron chi connectivity index (χ4n) is 13.9. The molecule has 2 aliphatic heterocycles. The van der Waals surface area contributed by atoms with Crippen molar-refractivity contribution >= 4 is 61.1 Å². The SMILES string of the molecule is CC(C)(C)c1ccc(N2C3=C4B(c5cc(C(C)(C)C)ccc52)c2sc5cc6c(cc5c2N(c2ccc5c(c2)C(C)(C)CCC5(C)C)C4=CC(C)(C2CCCCC2)C3)C(C)(C)CCC6(C)C)cc1. The Kier molecular flexibility index (Phi) is 10.0. The maximum Gasteiger partial charge on any atom is 0.264 e. The molecule has 1 aromatic heterocycles. The molecule has 350 valence electrons. The molecule has 0 bridgehead atoms. The standard InChI is InChI=1S/C63H79BN2S/c1-57(2,3)39-21-24-42(25-22-39)65-50-28-23-41(58(4,5)6)33-49(50)64-54-51(65)37-63(15,40-19-17-16-18-20-40)38-52(54)66(43-26-27-45-46(34-43)60(9,10)30-29-59(45,7)8)55-44-35-47-48(36-53(44)67-56(55)64)62(13,14)32-31-61(47,11)12/h21-28,33-36,38,40H,16-20,29-32,37H2,1-15H3. The average Bonchev–Trinajstić information content (AvgIpc) is 3.64. The Bertz CT molecular complexity index is 2910. The second-order valence-corrected chi connectivity index (χ2v) is 28.4. The number of fused-ring (bicyclic) bond motifs is 8. The topological polar surface area (TPSA) is 6.48 Å². The average molecular weight is 907 g/mol. The van der Waals surface area contributed by atoms with E-state index in [-0.39, 0.29) is 44.6 Å². The highest BCUT2D eigenvalue weighted by Crippen LogP contribution is 2.59. The Balaban J connectivity index is 1.28. The van der Waals surface area contributed by atoms with Crippen molar-refractivity contribution < 1.29 is 0 Å². The van der Waals surface area contributed by atoms with E-state index in [1.54, 1.807) is 11.1 Å². The van der Waals surface area contributed by atoms with E-state index in [0.717, 1.165) is 6.42 Å². The van der Waals surface area contributed by atoms with Crippen LogP contribution in [0.1, 0.15) is 201 Å². The van der Waals surface area contributed by atoms with Gasteiger partial charge in [-0.05, 0) is 176 Å². The summed E-state index contributed by atoms with van der Waals surface area (Å²) >= 11 is 2.11. The van der Waals surface area contributed by atoms with Gasteiger partial charge in [0, 0.05) is 43.3 Å². The summed E-state index contributed by atoms with van der Waals surface area (Å²) in [5.74, 6) is 0.636. The van der Waals surface area contributed by atoms with Crippen LogP contribution in [0.3, 0.4) is 0 Å². The van der Waals surface area contributed by atoms with Gasteiger partial charge in [0.05, 0.1) is 5.69 Å². The van der Waals surface area contributed by atoms with Crippen LogP contribution in [0.4, 0.5) is 22.7 Å². The Morgan fingerprint density at radius 3 is 1.73 bits per heavy atom. The molecule has 1 saturated carbocycles. The highest BCUT2D eigenvalue weighted by atomic mass is 32.1. The maximum atomic E-state index is 2.86. The van der Waals surface area contributed by atoms with Gasteiger partial charge in [-0.3, -0.25) is 0 Å². The zero-order valence-electron chi connectivity index (χ0n) is 44.0. The Morgan fingerprint density at radius 2 is 1.12 bits per heavy atom. The van der Waals surface area contributed by atoms with Crippen LogP contribution < -0.4 is 20.0 Å². The third-order valence-electron chi connectivity index (χ3n) is 18.6. The molecule has 3 heterocycles. The summed E-state index contributed by atoms with van der Waals surface area (Å²) in [7, 11) is 0. The summed E-state index contributed by atoms with van der Waals surface area (Å²) in [6, 6.07) is 30.4. The van der Waals surface area contributed by atoms with Crippen LogP contribution in [0.15, 0.2) is 95.7 Å². The Morgan fingerprint density at radius 1 is 0.567 bits per heavy atom. The minimum atomic E-state index is -0.00613. The van der Waals surface area contributed by atoms with E-state index in [9.17, 15) is 0 Å². The quantitative estimate of drug-likeness (QED) is 0.166. The van der Waals surface area contributed by atoms with Crippen LogP contribution in [0.25, 0.3) is 10.1 Å². The van der Waals surface area contributed by atoms with E-state index in [0.29, 0.717) is 5.92 Å². The van der Waals surface area contributed by atoms with Crippen molar-refractivity contribution in [2.24, 2.45) is 11.3 Å². The zero-order valence-corrected chi connectivity index (χ0v) is 44.9. The molecule has 0 N–H and O–H groups in total. The first-order valence-corrected chi connectivity index (χ1v) is 27.2. The number of thiophene rings is 1. The summed E-state index contributed by atoms with van der Waals surface area (Å²) in [6.07, 6.45) is 15.4. The van der Waals surface area contributed by atoms with Crippen LogP contribution in [0, 0.1) is 11.3 Å². The third kappa shape index (κ3) is 7.04. The lowest BCUT2D eigenvalue weighted by Crippen LogP contribution is -2.57. The summed E-state index contributed by atoms with van der Waals surface area (Å²) in [5, 5.41) is 1.45. The lowest BCUT2D eigenvalue weighted by atomic mass is 9.34. The van der Waals surface area contributed by atoms with Gasteiger partial charge in [-0.15, -0.1) is 11.3 Å². The molecule has 1 atom stereocenters. The monoisotopic (exact) mass is 907 g/mol. The van der Waals surface area contributed by atoms with Crippen LogP contribution in [-0.4, -0.2) is 6.71 Å². The number of hydrogen-bond acceptors (Lipinski definition) is 3. The van der Waals surface area contributed by atoms with E-state index < -0.39 is 0 Å². The first kappa shape index (κ1) is 45.4. The Labute approximate surface area is 409 Å². The second-order valence-electron chi connectivity index (χ2n) is 27.3. The number of nitrogens with zero attached hydrogens (tertiary/aromatic N) is 2. The van der Waals surface area contributed by atoms with Gasteiger partial charge in [-0.2, -0.15) is 0 Å². The minimum Gasteiger partial charge on any atom is -0.315 e. The number of rotatable bonds is 3. The van der Waals surface area contributed by atoms with E-state index >= 15 is 0 Å². The summed E-state index contributed by atoms with van der Waals surface area (Å²) in [6.45, 7) is 37.0. The van der Waals surface area contributed by atoms with Crippen molar-refractivity contribution in [1.82, 2.24) is 0 Å². The predicted molar refractivity (Wildman–Crippen MR) is 293 cm³/mol. The van der Waals surface area contributed by atoms with Crippen LogP contribution in [0.5, 0.6) is 0 Å². The molecule has 6 aliphatic rings. The predicted octanol–water partition coefficient (Wildman–Crippen LogP) is 16.8.